The van der Waals surface area contributed by atoms with Crippen molar-refractivity contribution < 1.29 is 13.9 Å². The van der Waals surface area contributed by atoms with Crippen LogP contribution in [0.2, 0.25) is 0 Å². The number of ether oxygens (including phenoxy) is 1. The molecule has 0 spiro atoms. The predicted molar refractivity (Wildman–Crippen MR) is 81.7 cm³/mol. The van der Waals surface area contributed by atoms with E-state index in [1.165, 1.54) is 0 Å². The van der Waals surface area contributed by atoms with Crippen LogP contribution in [0.3, 0.4) is 0 Å². The van der Waals surface area contributed by atoms with Gasteiger partial charge in [0.2, 0.25) is 0 Å². The highest BCUT2D eigenvalue weighted by molar-refractivity contribution is 5.96. The molecular formula is C16H26N2O3. The summed E-state index contributed by atoms with van der Waals surface area (Å²) in [4.78, 5) is 12.1. The Balaban J connectivity index is 1.67. The van der Waals surface area contributed by atoms with Gasteiger partial charge in [0.1, 0.15) is 11.5 Å². The fraction of sp³-hybridized carbons (Fsp3) is 0.688. The number of rotatable bonds is 6. The third-order valence-electron chi connectivity index (χ3n) is 4.03. The second-order valence-electron chi connectivity index (χ2n) is 5.64. The number of hydrogen-bond donors (Lipinski definition) is 2. The Kier molecular flexibility index (Phi) is 5.82. The lowest BCUT2D eigenvalue weighted by molar-refractivity contribution is 0.0318. The minimum Gasteiger partial charge on any atom is -0.466 e. The molecule has 0 aliphatic carbocycles. The highest BCUT2D eigenvalue weighted by atomic mass is 16.5. The quantitative estimate of drug-likeness (QED) is 0.789. The summed E-state index contributed by atoms with van der Waals surface area (Å²) in [5, 5.41) is 6.26. The standard InChI is InChI=1S/C16H26N2O3/c1-11-12(2)21-13(3)15(11)16(19)18-7-4-10-20-14-5-8-17-9-6-14/h14,17H,4-10H2,1-3H3,(H,18,19). The Bertz CT molecular complexity index is 476. The van der Waals surface area contributed by atoms with Gasteiger partial charge in [-0.25, -0.2) is 0 Å². The molecule has 1 saturated heterocycles. The fourth-order valence-corrected chi connectivity index (χ4v) is 2.70. The first-order valence-corrected chi connectivity index (χ1v) is 7.76. The number of piperidine rings is 1. The number of carbonyl (C=O) groups is 1. The molecule has 2 heterocycles. The van der Waals surface area contributed by atoms with Crippen LogP contribution in [0, 0.1) is 20.8 Å². The van der Waals surface area contributed by atoms with Crippen molar-refractivity contribution in [2.75, 3.05) is 26.2 Å². The maximum atomic E-state index is 12.1. The number of hydrogen-bond acceptors (Lipinski definition) is 4. The zero-order valence-electron chi connectivity index (χ0n) is 13.3. The summed E-state index contributed by atoms with van der Waals surface area (Å²) in [6.07, 6.45) is 3.38. The van der Waals surface area contributed by atoms with Gasteiger partial charge in [-0.1, -0.05) is 0 Å². The summed E-state index contributed by atoms with van der Waals surface area (Å²) in [5.41, 5.74) is 1.60. The zero-order valence-corrected chi connectivity index (χ0v) is 13.3. The summed E-state index contributed by atoms with van der Waals surface area (Å²) in [7, 11) is 0. The van der Waals surface area contributed by atoms with E-state index < -0.39 is 0 Å². The first-order valence-electron chi connectivity index (χ1n) is 7.76. The molecule has 1 aliphatic rings. The molecule has 0 bridgehead atoms. The molecule has 1 aromatic heterocycles. The monoisotopic (exact) mass is 294 g/mol. The molecule has 1 fully saturated rings. The van der Waals surface area contributed by atoms with Crippen LogP contribution < -0.4 is 10.6 Å². The van der Waals surface area contributed by atoms with Gasteiger partial charge < -0.3 is 19.8 Å². The minimum absolute atomic E-state index is 0.0521. The van der Waals surface area contributed by atoms with Gasteiger partial charge in [-0.05, 0) is 53.1 Å². The molecule has 1 amide bonds. The largest absolute Gasteiger partial charge is 0.466 e. The van der Waals surface area contributed by atoms with E-state index in [1.807, 2.05) is 20.8 Å². The van der Waals surface area contributed by atoms with Crippen molar-refractivity contribution in [1.82, 2.24) is 10.6 Å². The molecule has 2 rings (SSSR count). The van der Waals surface area contributed by atoms with Crippen LogP contribution in [0.15, 0.2) is 4.42 Å². The third-order valence-corrected chi connectivity index (χ3v) is 4.03. The number of amides is 1. The summed E-state index contributed by atoms with van der Waals surface area (Å²) >= 11 is 0. The average molecular weight is 294 g/mol. The van der Waals surface area contributed by atoms with Gasteiger partial charge >= 0.3 is 0 Å². The van der Waals surface area contributed by atoms with Gasteiger partial charge in [0.05, 0.1) is 11.7 Å². The molecule has 0 saturated carbocycles. The van der Waals surface area contributed by atoms with E-state index in [4.69, 9.17) is 9.15 Å². The van der Waals surface area contributed by atoms with Crippen LogP contribution in [-0.4, -0.2) is 38.3 Å². The smallest absolute Gasteiger partial charge is 0.255 e. The number of furan rings is 1. The van der Waals surface area contributed by atoms with Crippen LogP contribution >= 0.6 is 0 Å². The molecule has 0 aromatic carbocycles. The zero-order chi connectivity index (χ0) is 15.2. The normalized spacial score (nSPS) is 16.1. The van der Waals surface area contributed by atoms with E-state index in [9.17, 15) is 4.79 Å². The maximum Gasteiger partial charge on any atom is 0.255 e. The van der Waals surface area contributed by atoms with Gasteiger partial charge in [-0.3, -0.25) is 4.79 Å². The molecule has 21 heavy (non-hydrogen) atoms. The second kappa shape index (κ2) is 7.61. The lowest BCUT2D eigenvalue weighted by Crippen LogP contribution is -2.33. The van der Waals surface area contributed by atoms with Crippen molar-refractivity contribution in [3.63, 3.8) is 0 Å². The Morgan fingerprint density at radius 1 is 1.29 bits per heavy atom. The Morgan fingerprint density at radius 2 is 2.00 bits per heavy atom. The summed E-state index contributed by atoms with van der Waals surface area (Å²) in [6, 6.07) is 0. The third kappa shape index (κ3) is 4.32. The lowest BCUT2D eigenvalue weighted by Gasteiger charge is -2.22. The van der Waals surface area contributed by atoms with Crippen molar-refractivity contribution in [2.24, 2.45) is 0 Å². The van der Waals surface area contributed by atoms with Gasteiger partial charge in [-0.2, -0.15) is 0 Å². The van der Waals surface area contributed by atoms with E-state index in [1.54, 1.807) is 0 Å². The summed E-state index contributed by atoms with van der Waals surface area (Å²) in [5.74, 6) is 1.45. The van der Waals surface area contributed by atoms with Gasteiger partial charge in [0.15, 0.2) is 0 Å². The minimum atomic E-state index is -0.0521. The van der Waals surface area contributed by atoms with Crippen LogP contribution in [0.4, 0.5) is 0 Å². The number of nitrogens with one attached hydrogen (secondary N) is 2. The Hall–Kier alpha value is -1.33. The van der Waals surface area contributed by atoms with Crippen LogP contribution in [-0.2, 0) is 4.74 Å². The first-order chi connectivity index (χ1) is 10.1. The van der Waals surface area contributed by atoms with Gasteiger partial charge in [0, 0.05) is 18.7 Å². The van der Waals surface area contributed by atoms with E-state index in [0.717, 1.165) is 43.7 Å². The van der Waals surface area contributed by atoms with E-state index in [-0.39, 0.29) is 5.91 Å². The van der Waals surface area contributed by atoms with Crippen LogP contribution in [0.1, 0.15) is 46.7 Å². The lowest BCUT2D eigenvalue weighted by atomic mass is 10.1. The van der Waals surface area contributed by atoms with Crippen molar-refractivity contribution >= 4 is 5.91 Å². The van der Waals surface area contributed by atoms with Crippen molar-refractivity contribution in [3.8, 4) is 0 Å². The highest BCUT2D eigenvalue weighted by Crippen LogP contribution is 2.20. The topological polar surface area (TPSA) is 63.5 Å². The second-order valence-corrected chi connectivity index (χ2v) is 5.64. The summed E-state index contributed by atoms with van der Waals surface area (Å²) < 4.78 is 11.3. The molecule has 0 atom stereocenters. The van der Waals surface area contributed by atoms with Crippen LogP contribution in [0.5, 0.6) is 0 Å². The Morgan fingerprint density at radius 3 is 2.62 bits per heavy atom. The molecule has 2 N–H and O–H groups in total. The average Bonchev–Trinajstić information content (AvgIpc) is 2.73. The number of aryl methyl sites for hydroxylation is 2. The van der Waals surface area contributed by atoms with Crippen LogP contribution in [0.25, 0.3) is 0 Å². The molecule has 0 radical (unpaired) electrons. The number of carbonyl (C=O) groups excluding carboxylic acids is 1. The van der Waals surface area contributed by atoms with Crippen molar-refractivity contribution in [2.45, 2.75) is 46.1 Å². The molecular weight excluding hydrogens is 268 g/mol. The molecule has 1 aliphatic heterocycles. The highest BCUT2D eigenvalue weighted by Gasteiger charge is 2.18. The first kappa shape index (κ1) is 16.0. The van der Waals surface area contributed by atoms with E-state index in [2.05, 4.69) is 10.6 Å². The van der Waals surface area contributed by atoms with Crippen molar-refractivity contribution in [1.29, 1.82) is 0 Å². The van der Waals surface area contributed by atoms with Gasteiger partial charge in [0.25, 0.3) is 5.91 Å². The Labute approximate surface area is 126 Å². The maximum absolute atomic E-state index is 12.1. The molecule has 5 heteroatoms. The molecule has 118 valence electrons. The SMILES string of the molecule is Cc1oc(C)c(C(=O)NCCCOC2CCNCC2)c1C. The van der Waals surface area contributed by atoms with E-state index >= 15 is 0 Å². The predicted octanol–water partition coefficient (Wildman–Crippen LogP) is 2.09. The fourth-order valence-electron chi connectivity index (χ4n) is 2.70. The van der Waals surface area contributed by atoms with E-state index in [0.29, 0.717) is 30.6 Å². The molecule has 5 nitrogen and oxygen atoms in total. The molecule has 0 unspecified atom stereocenters. The van der Waals surface area contributed by atoms with Crippen molar-refractivity contribution in [3.05, 3.63) is 22.6 Å². The van der Waals surface area contributed by atoms with Gasteiger partial charge in [-0.15, -0.1) is 0 Å². The molecule has 1 aromatic rings. The summed E-state index contributed by atoms with van der Waals surface area (Å²) in [6.45, 7) is 9.04.